The van der Waals surface area contributed by atoms with Gasteiger partial charge in [0.15, 0.2) is 0 Å². The third-order valence-electron chi connectivity index (χ3n) is 3.20. The van der Waals surface area contributed by atoms with Crippen LogP contribution in [-0.4, -0.2) is 17.9 Å². The molecule has 0 heterocycles. The predicted molar refractivity (Wildman–Crippen MR) is 83.1 cm³/mol. The minimum atomic E-state index is -0.282. The van der Waals surface area contributed by atoms with Crippen molar-refractivity contribution < 1.29 is 9.18 Å². The monoisotopic (exact) mass is 283 g/mol. The average molecular weight is 283 g/mol. The zero-order chi connectivity index (χ0) is 15.2. The van der Waals surface area contributed by atoms with E-state index in [2.05, 4.69) is 0 Å². The van der Waals surface area contributed by atoms with Gasteiger partial charge in [-0.3, -0.25) is 4.79 Å². The summed E-state index contributed by atoms with van der Waals surface area (Å²) in [5.41, 5.74) is 3.09. The van der Waals surface area contributed by atoms with Gasteiger partial charge >= 0.3 is 0 Å². The maximum absolute atomic E-state index is 12.8. The number of amides is 1. The summed E-state index contributed by atoms with van der Waals surface area (Å²) in [4.78, 5) is 13.7. The van der Waals surface area contributed by atoms with E-state index in [1.54, 1.807) is 30.2 Å². The molecule has 1 amide bonds. The molecule has 0 unspecified atom stereocenters. The zero-order valence-electron chi connectivity index (χ0n) is 12.2. The van der Waals surface area contributed by atoms with Crippen molar-refractivity contribution >= 4 is 12.0 Å². The number of nitrogens with zero attached hydrogens (tertiary/aromatic N) is 1. The Morgan fingerprint density at radius 1 is 1.10 bits per heavy atom. The van der Waals surface area contributed by atoms with Crippen LogP contribution in [0.25, 0.3) is 6.08 Å². The van der Waals surface area contributed by atoms with Gasteiger partial charge in [-0.1, -0.05) is 42.0 Å². The molecule has 0 saturated heterocycles. The summed E-state index contributed by atoms with van der Waals surface area (Å²) in [5.74, 6) is -0.366. The molecule has 0 bridgehead atoms. The molecule has 2 aromatic carbocycles. The summed E-state index contributed by atoms with van der Waals surface area (Å²) in [6, 6.07) is 14.1. The number of benzene rings is 2. The Balaban J connectivity index is 1.96. The summed E-state index contributed by atoms with van der Waals surface area (Å²) in [7, 11) is 1.76. The van der Waals surface area contributed by atoms with Crippen LogP contribution in [0.5, 0.6) is 0 Å². The van der Waals surface area contributed by atoms with Crippen LogP contribution in [-0.2, 0) is 11.3 Å². The van der Waals surface area contributed by atoms with Crippen molar-refractivity contribution in [2.75, 3.05) is 7.05 Å². The maximum Gasteiger partial charge on any atom is 0.246 e. The molecule has 0 fully saturated rings. The minimum absolute atomic E-state index is 0.0834. The van der Waals surface area contributed by atoms with E-state index in [9.17, 15) is 9.18 Å². The van der Waals surface area contributed by atoms with Gasteiger partial charge in [0.2, 0.25) is 5.91 Å². The fourth-order valence-electron chi connectivity index (χ4n) is 1.91. The molecule has 0 atom stereocenters. The number of rotatable bonds is 4. The van der Waals surface area contributed by atoms with Gasteiger partial charge in [0.05, 0.1) is 0 Å². The largest absolute Gasteiger partial charge is 0.338 e. The zero-order valence-corrected chi connectivity index (χ0v) is 12.2. The lowest BCUT2D eigenvalue weighted by molar-refractivity contribution is -0.125. The molecular formula is C18H18FNO. The lowest BCUT2D eigenvalue weighted by Gasteiger charge is -2.15. The predicted octanol–water partition coefficient (Wildman–Crippen LogP) is 3.81. The molecule has 0 spiro atoms. The number of hydrogen-bond donors (Lipinski definition) is 0. The van der Waals surface area contributed by atoms with Crippen molar-refractivity contribution in [3.63, 3.8) is 0 Å². The molecule has 0 aromatic heterocycles. The summed E-state index contributed by atoms with van der Waals surface area (Å²) >= 11 is 0. The number of halogens is 1. The SMILES string of the molecule is Cc1ccc(CN(C)C(=O)/C=C/c2ccc(F)cc2)cc1. The lowest BCUT2D eigenvalue weighted by Crippen LogP contribution is -2.24. The highest BCUT2D eigenvalue weighted by atomic mass is 19.1. The van der Waals surface area contributed by atoms with Crippen molar-refractivity contribution in [2.24, 2.45) is 0 Å². The van der Waals surface area contributed by atoms with E-state index in [-0.39, 0.29) is 11.7 Å². The molecule has 0 N–H and O–H groups in total. The third kappa shape index (κ3) is 4.56. The molecule has 21 heavy (non-hydrogen) atoms. The summed E-state index contributed by atoms with van der Waals surface area (Å²) < 4.78 is 12.8. The molecule has 2 rings (SSSR count). The number of carbonyl (C=O) groups excluding carboxylic acids is 1. The van der Waals surface area contributed by atoms with E-state index >= 15 is 0 Å². The third-order valence-corrected chi connectivity index (χ3v) is 3.20. The van der Waals surface area contributed by atoms with Gasteiger partial charge in [-0.05, 0) is 36.3 Å². The fraction of sp³-hybridized carbons (Fsp3) is 0.167. The number of aryl methyl sites for hydroxylation is 1. The highest BCUT2D eigenvalue weighted by molar-refractivity contribution is 5.91. The molecule has 0 radical (unpaired) electrons. The van der Waals surface area contributed by atoms with E-state index in [1.165, 1.54) is 23.8 Å². The van der Waals surface area contributed by atoms with Crippen LogP contribution < -0.4 is 0 Å². The number of hydrogen-bond acceptors (Lipinski definition) is 1. The number of carbonyl (C=O) groups is 1. The van der Waals surface area contributed by atoms with Crippen molar-refractivity contribution in [1.29, 1.82) is 0 Å². The first kappa shape index (κ1) is 15.0. The van der Waals surface area contributed by atoms with Crippen molar-refractivity contribution in [1.82, 2.24) is 4.90 Å². The van der Waals surface area contributed by atoms with Gasteiger partial charge in [0, 0.05) is 19.7 Å². The van der Waals surface area contributed by atoms with Gasteiger partial charge in [-0.15, -0.1) is 0 Å². The Labute approximate surface area is 124 Å². The second-order valence-electron chi connectivity index (χ2n) is 5.06. The minimum Gasteiger partial charge on any atom is -0.338 e. The molecule has 0 aliphatic heterocycles. The smallest absolute Gasteiger partial charge is 0.246 e. The van der Waals surface area contributed by atoms with E-state index in [1.807, 2.05) is 31.2 Å². The van der Waals surface area contributed by atoms with E-state index in [4.69, 9.17) is 0 Å². The van der Waals surface area contributed by atoms with Crippen LogP contribution >= 0.6 is 0 Å². The Bertz CT molecular complexity index is 629. The summed E-state index contributed by atoms with van der Waals surface area (Å²) in [6.45, 7) is 2.59. The quantitative estimate of drug-likeness (QED) is 0.781. The first-order valence-electron chi connectivity index (χ1n) is 6.79. The van der Waals surface area contributed by atoms with Crippen molar-refractivity contribution in [3.8, 4) is 0 Å². The van der Waals surface area contributed by atoms with Crippen LogP contribution in [0.3, 0.4) is 0 Å². The van der Waals surface area contributed by atoms with E-state index in [0.29, 0.717) is 6.54 Å². The van der Waals surface area contributed by atoms with Gasteiger partial charge in [-0.25, -0.2) is 4.39 Å². The van der Waals surface area contributed by atoms with Crippen molar-refractivity contribution in [3.05, 3.63) is 77.1 Å². The lowest BCUT2D eigenvalue weighted by atomic mass is 10.1. The van der Waals surface area contributed by atoms with Gasteiger partial charge in [0.1, 0.15) is 5.82 Å². The summed E-state index contributed by atoms with van der Waals surface area (Å²) in [5, 5.41) is 0. The molecule has 3 heteroatoms. The van der Waals surface area contributed by atoms with E-state index < -0.39 is 0 Å². The summed E-state index contributed by atoms with van der Waals surface area (Å²) in [6.07, 6.45) is 3.19. The van der Waals surface area contributed by atoms with Crippen LogP contribution in [0, 0.1) is 12.7 Å². The first-order chi connectivity index (χ1) is 10.0. The topological polar surface area (TPSA) is 20.3 Å². The molecule has 2 aromatic rings. The Morgan fingerprint density at radius 2 is 1.71 bits per heavy atom. The molecule has 108 valence electrons. The highest BCUT2D eigenvalue weighted by Gasteiger charge is 2.05. The second-order valence-corrected chi connectivity index (χ2v) is 5.06. The first-order valence-corrected chi connectivity index (χ1v) is 6.79. The van der Waals surface area contributed by atoms with Crippen LogP contribution in [0.15, 0.2) is 54.6 Å². The Morgan fingerprint density at radius 3 is 2.33 bits per heavy atom. The number of likely N-dealkylation sites (N-methyl/N-ethyl adjacent to an activating group) is 1. The van der Waals surface area contributed by atoms with Crippen LogP contribution in [0.2, 0.25) is 0 Å². The Kier molecular flexibility index (Phi) is 4.88. The molecule has 0 aliphatic rings. The average Bonchev–Trinajstić information content (AvgIpc) is 2.48. The highest BCUT2D eigenvalue weighted by Crippen LogP contribution is 2.08. The van der Waals surface area contributed by atoms with Crippen molar-refractivity contribution in [2.45, 2.75) is 13.5 Å². The van der Waals surface area contributed by atoms with Crippen LogP contribution in [0.1, 0.15) is 16.7 Å². The second kappa shape index (κ2) is 6.84. The standard InChI is InChI=1S/C18H18FNO/c1-14-3-5-16(6-4-14)13-20(2)18(21)12-9-15-7-10-17(19)11-8-15/h3-12H,13H2,1-2H3/b12-9+. The fourth-order valence-corrected chi connectivity index (χ4v) is 1.91. The van der Waals surface area contributed by atoms with Crippen LogP contribution in [0.4, 0.5) is 4.39 Å². The maximum atomic E-state index is 12.8. The van der Waals surface area contributed by atoms with Gasteiger partial charge in [-0.2, -0.15) is 0 Å². The molecule has 2 nitrogen and oxygen atoms in total. The van der Waals surface area contributed by atoms with Gasteiger partial charge in [0.25, 0.3) is 0 Å². The molecule has 0 aliphatic carbocycles. The normalized spacial score (nSPS) is 10.8. The van der Waals surface area contributed by atoms with E-state index in [0.717, 1.165) is 11.1 Å². The molecular weight excluding hydrogens is 265 g/mol. The van der Waals surface area contributed by atoms with Gasteiger partial charge < -0.3 is 4.90 Å². The molecule has 0 saturated carbocycles. The Hall–Kier alpha value is -2.42.